The molecule has 0 N–H and O–H groups in total. The summed E-state index contributed by atoms with van der Waals surface area (Å²) in [7, 11) is 0. The highest BCUT2D eigenvalue weighted by Crippen LogP contribution is 2.41. The van der Waals surface area contributed by atoms with Gasteiger partial charge in [0.15, 0.2) is 0 Å². The largest absolute Gasteiger partial charge is 0.0798 e. The number of fused-ring (bicyclic) bond motifs is 1. The molecule has 0 radical (unpaired) electrons. The first kappa shape index (κ1) is 13.2. The quantitative estimate of drug-likeness (QED) is 0.599. The van der Waals surface area contributed by atoms with E-state index in [0.717, 1.165) is 6.42 Å². The van der Waals surface area contributed by atoms with Gasteiger partial charge in [-0.3, -0.25) is 0 Å². The molecule has 0 fully saturated rings. The van der Waals surface area contributed by atoms with E-state index < -0.39 is 0 Å². The molecule has 102 valence electrons. The minimum Gasteiger partial charge on any atom is -0.0798 e. The molecular weight excluding hydrogens is 240 g/mol. The Balaban J connectivity index is 2.29. The van der Waals surface area contributed by atoms with Crippen molar-refractivity contribution in [3.05, 3.63) is 65.3 Å². The Bertz CT molecular complexity index is 721. The summed E-state index contributed by atoms with van der Waals surface area (Å²) in [6.07, 6.45) is 5.66. The van der Waals surface area contributed by atoms with Crippen molar-refractivity contribution in [2.24, 2.45) is 5.41 Å². The fourth-order valence-corrected chi connectivity index (χ4v) is 3.18. The van der Waals surface area contributed by atoms with Crippen molar-refractivity contribution >= 4 is 16.3 Å². The summed E-state index contributed by atoms with van der Waals surface area (Å²) in [4.78, 5) is 0. The Kier molecular flexibility index (Phi) is 3.05. The van der Waals surface area contributed by atoms with Gasteiger partial charge >= 0.3 is 0 Å². The van der Waals surface area contributed by atoms with Gasteiger partial charge in [0.2, 0.25) is 0 Å². The summed E-state index contributed by atoms with van der Waals surface area (Å²) >= 11 is 0. The highest BCUT2D eigenvalue weighted by Gasteiger charge is 2.23. The number of hydrogen-bond donors (Lipinski definition) is 0. The predicted octanol–water partition coefficient (Wildman–Crippen LogP) is 5.91. The molecule has 2 aromatic rings. The summed E-state index contributed by atoms with van der Waals surface area (Å²) in [6.45, 7) is 9.09. The van der Waals surface area contributed by atoms with Crippen molar-refractivity contribution in [2.45, 2.75) is 34.1 Å². The molecule has 0 atom stereocenters. The highest BCUT2D eigenvalue weighted by molar-refractivity contribution is 5.97. The van der Waals surface area contributed by atoms with Crippen LogP contribution in [0.4, 0.5) is 0 Å². The molecular formula is C20H22. The van der Waals surface area contributed by atoms with Crippen molar-refractivity contribution < 1.29 is 0 Å². The first-order valence-electron chi connectivity index (χ1n) is 7.37. The van der Waals surface area contributed by atoms with Crippen molar-refractivity contribution in [3.63, 3.8) is 0 Å². The summed E-state index contributed by atoms with van der Waals surface area (Å²) in [5.41, 5.74) is 5.93. The first-order valence-corrected chi connectivity index (χ1v) is 7.37. The van der Waals surface area contributed by atoms with Gasteiger partial charge in [-0.05, 0) is 51.8 Å². The second-order valence-electron chi connectivity index (χ2n) is 6.72. The van der Waals surface area contributed by atoms with Crippen LogP contribution in [0.25, 0.3) is 16.3 Å². The Morgan fingerprint density at radius 3 is 2.30 bits per heavy atom. The lowest BCUT2D eigenvalue weighted by Gasteiger charge is -2.23. The van der Waals surface area contributed by atoms with Crippen LogP contribution in [0.2, 0.25) is 0 Å². The average molecular weight is 262 g/mol. The number of hydrogen-bond acceptors (Lipinski definition) is 0. The van der Waals surface area contributed by atoms with Crippen LogP contribution in [0.1, 0.15) is 38.3 Å². The Hall–Kier alpha value is -1.82. The summed E-state index contributed by atoms with van der Waals surface area (Å²) in [5.74, 6) is 0. The molecule has 0 spiro atoms. The lowest BCUT2D eigenvalue weighted by Crippen LogP contribution is -2.08. The molecule has 1 aliphatic rings. The third-order valence-corrected chi connectivity index (χ3v) is 4.21. The molecule has 3 rings (SSSR count). The van der Waals surface area contributed by atoms with Gasteiger partial charge < -0.3 is 0 Å². The molecule has 0 amide bonds. The molecule has 0 saturated carbocycles. The third kappa shape index (κ3) is 2.10. The van der Waals surface area contributed by atoms with Crippen molar-refractivity contribution in [2.75, 3.05) is 0 Å². The van der Waals surface area contributed by atoms with Crippen molar-refractivity contribution in [1.29, 1.82) is 0 Å². The minimum atomic E-state index is 0.203. The van der Waals surface area contributed by atoms with Crippen LogP contribution in [0.5, 0.6) is 0 Å². The smallest absolute Gasteiger partial charge is 0.00851 e. The highest BCUT2D eigenvalue weighted by atomic mass is 14.3. The third-order valence-electron chi connectivity index (χ3n) is 4.21. The van der Waals surface area contributed by atoms with Gasteiger partial charge in [-0.1, -0.05) is 69.3 Å². The van der Waals surface area contributed by atoms with E-state index in [2.05, 4.69) is 76.2 Å². The summed E-state index contributed by atoms with van der Waals surface area (Å²) in [6, 6.07) is 13.3. The minimum absolute atomic E-state index is 0.203. The monoisotopic (exact) mass is 262 g/mol. The van der Waals surface area contributed by atoms with E-state index in [9.17, 15) is 0 Å². The molecule has 0 unspecified atom stereocenters. The van der Waals surface area contributed by atoms with Crippen LogP contribution in [0, 0.1) is 12.3 Å². The maximum atomic E-state index is 2.31. The summed E-state index contributed by atoms with van der Waals surface area (Å²) in [5, 5.41) is 2.76. The van der Waals surface area contributed by atoms with Crippen LogP contribution in [-0.4, -0.2) is 0 Å². The predicted molar refractivity (Wildman–Crippen MR) is 88.8 cm³/mol. The number of benzene rings is 2. The van der Waals surface area contributed by atoms with Crippen molar-refractivity contribution in [3.8, 4) is 0 Å². The molecule has 2 aromatic carbocycles. The van der Waals surface area contributed by atoms with Crippen LogP contribution in [0.3, 0.4) is 0 Å². The second-order valence-corrected chi connectivity index (χ2v) is 6.72. The molecule has 0 nitrogen and oxygen atoms in total. The van der Waals surface area contributed by atoms with Gasteiger partial charge in [0.1, 0.15) is 0 Å². The van der Waals surface area contributed by atoms with Crippen molar-refractivity contribution in [1.82, 2.24) is 0 Å². The first-order chi connectivity index (χ1) is 9.48. The molecule has 0 aliphatic heterocycles. The molecule has 0 aromatic heterocycles. The van der Waals surface area contributed by atoms with E-state index in [1.165, 1.54) is 33.0 Å². The lowest BCUT2D eigenvalue weighted by atomic mass is 9.82. The van der Waals surface area contributed by atoms with E-state index in [1.54, 1.807) is 0 Å². The fourth-order valence-electron chi connectivity index (χ4n) is 3.18. The van der Waals surface area contributed by atoms with Crippen LogP contribution < -0.4 is 0 Å². The van der Waals surface area contributed by atoms with E-state index in [0.29, 0.717) is 0 Å². The Morgan fingerprint density at radius 1 is 0.900 bits per heavy atom. The van der Waals surface area contributed by atoms with Crippen LogP contribution >= 0.6 is 0 Å². The molecule has 0 saturated heterocycles. The van der Waals surface area contributed by atoms with E-state index >= 15 is 0 Å². The van der Waals surface area contributed by atoms with Gasteiger partial charge in [0.05, 0.1) is 0 Å². The maximum absolute atomic E-state index is 2.31. The molecule has 1 aliphatic carbocycles. The van der Waals surface area contributed by atoms with Gasteiger partial charge in [0, 0.05) is 0 Å². The second kappa shape index (κ2) is 4.63. The standard InChI is InChI=1S/C20H22/c1-14-12-13-17(16-9-6-5-8-15(14)16)18-10-7-11-19(18)20(2,3)4/h5-9,11-13H,10H2,1-4H3. The number of rotatable bonds is 1. The normalized spacial score (nSPS) is 15.4. The zero-order valence-electron chi connectivity index (χ0n) is 12.8. The molecule has 20 heavy (non-hydrogen) atoms. The SMILES string of the molecule is Cc1ccc(C2=C(C(C)(C)C)C=CC2)c2ccccc12. The van der Waals surface area contributed by atoms with E-state index in [4.69, 9.17) is 0 Å². The maximum Gasteiger partial charge on any atom is -0.00851 e. The van der Waals surface area contributed by atoms with Gasteiger partial charge in [-0.2, -0.15) is 0 Å². The molecule has 0 heteroatoms. The van der Waals surface area contributed by atoms with E-state index in [1.807, 2.05) is 0 Å². The average Bonchev–Trinajstić information content (AvgIpc) is 2.89. The van der Waals surface area contributed by atoms with Crippen LogP contribution in [-0.2, 0) is 0 Å². The Morgan fingerprint density at radius 2 is 1.60 bits per heavy atom. The van der Waals surface area contributed by atoms with Gasteiger partial charge in [0.25, 0.3) is 0 Å². The molecule has 0 heterocycles. The zero-order valence-corrected chi connectivity index (χ0v) is 12.8. The zero-order chi connectivity index (χ0) is 14.3. The number of aryl methyl sites for hydroxylation is 1. The lowest BCUT2D eigenvalue weighted by molar-refractivity contribution is 0.520. The summed E-state index contributed by atoms with van der Waals surface area (Å²) < 4.78 is 0. The van der Waals surface area contributed by atoms with Gasteiger partial charge in [-0.15, -0.1) is 0 Å². The van der Waals surface area contributed by atoms with E-state index in [-0.39, 0.29) is 5.41 Å². The topological polar surface area (TPSA) is 0 Å². The molecule has 0 bridgehead atoms. The van der Waals surface area contributed by atoms with Crippen LogP contribution in [0.15, 0.2) is 54.1 Å². The fraction of sp³-hybridized carbons (Fsp3) is 0.300. The van der Waals surface area contributed by atoms with Gasteiger partial charge in [-0.25, -0.2) is 0 Å². The number of allylic oxidation sites excluding steroid dienone is 4. The Labute approximate surface area is 121 Å².